The van der Waals surface area contributed by atoms with E-state index in [1.54, 1.807) is 42.5 Å². The van der Waals surface area contributed by atoms with E-state index < -0.39 is 0 Å². The molecule has 2 rings (SSSR count). The smallest absolute Gasteiger partial charge is 0.229 e. The average Bonchev–Trinajstić information content (AvgIpc) is 2.86. The van der Waals surface area contributed by atoms with Gasteiger partial charge in [-0.15, -0.1) is 11.3 Å². The maximum atomic E-state index is 11.9. The van der Waals surface area contributed by atoms with Crippen molar-refractivity contribution in [1.82, 2.24) is 0 Å². The number of benzene rings is 1. The number of nitrogens with one attached hydrogen (secondary N) is 2. The van der Waals surface area contributed by atoms with Crippen molar-refractivity contribution in [3.8, 4) is 0 Å². The number of carbonyl (C=O) groups excluding carboxylic acids is 2. The topological polar surface area (TPSA) is 58.2 Å². The van der Waals surface area contributed by atoms with Crippen molar-refractivity contribution in [2.45, 2.75) is 26.7 Å². The number of hydrogen-bond acceptors (Lipinski definition) is 3. The van der Waals surface area contributed by atoms with Gasteiger partial charge in [0.1, 0.15) is 0 Å². The first kappa shape index (κ1) is 15.3. The van der Waals surface area contributed by atoms with Gasteiger partial charge in [0.15, 0.2) is 0 Å². The molecule has 21 heavy (non-hydrogen) atoms. The molecule has 4 nitrogen and oxygen atoms in total. The van der Waals surface area contributed by atoms with Crippen molar-refractivity contribution >= 4 is 34.5 Å². The Bertz CT molecular complexity index is 632. The third kappa shape index (κ3) is 4.72. The van der Waals surface area contributed by atoms with Crippen molar-refractivity contribution in [2.24, 2.45) is 0 Å². The normalized spacial score (nSPS) is 10.2. The van der Waals surface area contributed by atoms with Crippen LogP contribution in [-0.2, 0) is 16.0 Å². The molecule has 1 aromatic carbocycles. The van der Waals surface area contributed by atoms with Crippen molar-refractivity contribution in [2.75, 3.05) is 10.6 Å². The van der Waals surface area contributed by atoms with Gasteiger partial charge in [0.2, 0.25) is 11.8 Å². The lowest BCUT2D eigenvalue weighted by Crippen LogP contribution is -2.14. The summed E-state index contributed by atoms with van der Waals surface area (Å²) in [6.45, 7) is 3.83. The predicted molar refractivity (Wildman–Crippen MR) is 86.8 cm³/mol. The summed E-state index contributed by atoms with van der Waals surface area (Å²) in [6.07, 6.45) is 0.825. The molecule has 0 bridgehead atoms. The zero-order valence-electron chi connectivity index (χ0n) is 12.1. The number of rotatable bonds is 5. The first-order valence-corrected chi connectivity index (χ1v) is 7.63. The Balaban J connectivity index is 1.90. The second-order valence-corrected chi connectivity index (χ2v) is 6.09. The molecule has 0 aliphatic carbocycles. The Kier molecular flexibility index (Phi) is 5.11. The molecule has 1 heterocycles. The molecule has 1 aromatic heterocycles. The van der Waals surface area contributed by atoms with Gasteiger partial charge in [-0.25, -0.2) is 0 Å². The van der Waals surface area contributed by atoms with Gasteiger partial charge >= 0.3 is 0 Å². The summed E-state index contributed by atoms with van der Waals surface area (Å²) >= 11 is 1.63. The first-order chi connectivity index (χ1) is 10.1. The largest absolute Gasteiger partial charge is 0.326 e. The van der Waals surface area contributed by atoms with E-state index >= 15 is 0 Å². The molecule has 0 unspecified atom stereocenters. The number of aryl methyl sites for hydroxylation is 1. The van der Waals surface area contributed by atoms with Crippen molar-refractivity contribution in [3.05, 3.63) is 46.2 Å². The van der Waals surface area contributed by atoms with Gasteiger partial charge in [0.25, 0.3) is 0 Å². The quantitative estimate of drug-likeness (QED) is 0.887. The Morgan fingerprint density at radius 3 is 2.00 bits per heavy atom. The molecule has 0 saturated carbocycles. The molecular formula is C16H18N2O2S. The Morgan fingerprint density at radius 2 is 1.52 bits per heavy atom. The summed E-state index contributed by atoms with van der Waals surface area (Å²) in [5.41, 5.74) is 1.46. The Labute approximate surface area is 128 Å². The molecule has 0 saturated heterocycles. The highest BCUT2D eigenvalue weighted by molar-refractivity contribution is 7.12. The molecule has 5 heteroatoms. The lowest BCUT2D eigenvalue weighted by atomic mass is 10.2. The molecule has 0 atom stereocenters. The molecular weight excluding hydrogens is 284 g/mol. The molecule has 0 aliphatic heterocycles. The van der Waals surface area contributed by atoms with Crippen molar-refractivity contribution in [1.29, 1.82) is 0 Å². The summed E-state index contributed by atoms with van der Waals surface area (Å²) in [4.78, 5) is 25.5. The molecule has 0 aliphatic rings. The van der Waals surface area contributed by atoms with Gasteiger partial charge in [-0.3, -0.25) is 9.59 Å². The highest BCUT2D eigenvalue weighted by atomic mass is 32.1. The summed E-state index contributed by atoms with van der Waals surface area (Å²) in [5.74, 6) is -0.0676. The lowest BCUT2D eigenvalue weighted by molar-refractivity contribution is -0.116. The van der Waals surface area contributed by atoms with E-state index in [0.717, 1.165) is 16.3 Å². The third-order valence-electron chi connectivity index (χ3n) is 2.90. The fraction of sp³-hybridized carbons (Fsp3) is 0.250. The third-order valence-corrected chi connectivity index (χ3v) is 3.90. The van der Waals surface area contributed by atoms with Gasteiger partial charge in [-0.2, -0.15) is 0 Å². The van der Waals surface area contributed by atoms with Crippen LogP contribution in [0.4, 0.5) is 11.4 Å². The van der Waals surface area contributed by atoms with Crippen LogP contribution in [0.5, 0.6) is 0 Å². The maximum Gasteiger partial charge on any atom is 0.229 e. The Hall–Kier alpha value is -2.14. The van der Waals surface area contributed by atoms with Crippen LogP contribution in [0.3, 0.4) is 0 Å². The van der Waals surface area contributed by atoms with E-state index in [2.05, 4.69) is 10.6 Å². The average molecular weight is 302 g/mol. The lowest BCUT2D eigenvalue weighted by Gasteiger charge is -2.07. The molecule has 2 aromatic rings. The van der Waals surface area contributed by atoms with Crippen LogP contribution in [0.1, 0.15) is 23.1 Å². The molecule has 2 N–H and O–H groups in total. The minimum Gasteiger partial charge on any atom is -0.326 e. The second kappa shape index (κ2) is 7.04. The number of amides is 2. The highest BCUT2D eigenvalue weighted by Gasteiger charge is 2.06. The molecule has 0 radical (unpaired) electrons. The van der Waals surface area contributed by atoms with E-state index in [-0.39, 0.29) is 11.8 Å². The SMILES string of the molecule is CCC(=O)Nc1ccc(NC(=O)Cc2ccc(C)s2)cc1. The maximum absolute atomic E-state index is 11.9. The number of carbonyl (C=O) groups is 2. The van der Waals surface area contributed by atoms with E-state index in [1.807, 2.05) is 19.1 Å². The predicted octanol–water partition coefficient (Wildman–Crippen LogP) is 3.59. The Morgan fingerprint density at radius 1 is 0.952 bits per heavy atom. The molecule has 2 amide bonds. The van der Waals surface area contributed by atoms with Gasteiger partial charge in [-0.05, 0) is 43.3 Å². The fourth-order valence-electron chi connectivity index (χ4n) is 1.83. The summed E-state index contributed by atoms with van der Waals surface area (Å²) in [6, 6.07) is 11.1. The van der Waals surface area contributed by atoms with Crippen molar-refractivity contribution in [3.63, 3.8) is 0 Å². The van der Waals surface area contributed by atoms with Gasteiger partial charge < -0.3 is 10.6 Å². The van der Waals surface area contributed by atoms with E-state index in [0.29, 0.717) is 12.8 Å². The number of hydrogen-bond donors (Lipinski definition) is 2. The van der Waals surface area contributed by atoms with E-state index in [1.165, 1.54) is 4.88 Å². The zero-order chi connectivity index (χ0) is 15.2. The van der Waals surface area contributed by atoms with Crippen LogP contribution in [-0.4, -0.2) is 11.8 Å². The van der Waals surface area contributed by atoms with Gasteiger partial charge in [0, 0.05) is 27.5 Å². The zero-order valence-corrected chi connectivity index (χ0v) is 12.9. The summed E-state index contributed by atoms with van der Waals surface area (Å²) < 4.78 is 0. The van der Waals surface area contributed by atoms with Gasteiger partial charge in [0.05, 0.1) is 6.42 Å². The van der Waals surface area contributed by atoms with Crippen LogP contribution >= 0.6 is 11.3 Å². The van der Waals surface area contributed by atoms with Crippen molar-refractivity contribution < 1.29 is 9.59 Å². The second-order valence-electron chi connectivity index (χ2n) is 4.72. The standard InChI is InChI=1S/C16H18N2O2S/c1-3-15(19)17-12-5-7-13(8-6-12)18-16(20)10-14-9-4-11(2)21-14/h4-9H,3,10H2,1-2H3,(H,17,19)(H,18,20). The number of thiophene rings is 1. The summed E-state index contributed by atoms with van der Waals surface area (Å²) in [7, 11) is 0. The fourth-order valence-corrected chi connectivity index (χ4v) is 2.72. The van der Waals surface area contributed by atoms with Crippen LogP contribution < -0.4 is 10.6 Å². The van der Waals surface area contributed by atoms with Gasteiger partial charge in [-0.1, -0.05) is 6.92 Å². The monoisotopic (exact) mass is 302 g/mol. The van der Waals surface area contributed by atoms with Crippen LogP contribution in [0.25, 0.3) is 0 Å². The first-order valence-electron chi connectivity index (χ1n) is 6.82. The van der Waals surface area contributed by atoms with Crippen LogP contribution in [0, 0.1) is 6.92 Å². The molecule has 110 valence electrons. The minimum absolute atomic E-state index is 0.0279. The molecule has 0 spiro atoms. The minimum atomic E-state index is -0.0396. The number of anilines is 2. The summed E-state index contributed by atoms with van der Waals surface area (Å²) in [5, 5.41) is 5.61. The van der Waals surface area contributed by atoms with E-state index in [4.69, 9.17) is 0 Å². The molecule has 0 fully saturated rings. The van der Waals surface area contributed by atoms with Crippen LogP contribution in [0.2, 0.25) is 0 Å². The van der Waals surface area contributed by atoms with Crippen LogP contribution in [0.15, 0.2) is 36.4 Å². The van der Waals surface area contributed by atoms with E-state index in [9.17, 15) is 9.59 Å². The highest BCUT2D eigenvalue weighted by Crippen LogP contribution is 2.17.